The molecule has 1 aliphatic heterocycles. The molecule has 1 saturated heterocycles. The number of fused-ring (bicyclic) bond motifs is 4. The Morgan fingerprint density at radius 3 is 1.89 bits per heavy atom. The Morgan fingerprint density at radius 2 is 1.13 bits per heavy atom. The van der Waals surface area contributed by atoms with Gasteiger partial charge in [0.2, 0.25) is 0 Å². The molecule has 0 amide bonds. The van der Waals surface area contributed by atoms with E-state index < -0.39 is 0 Å². The van der Waals surface area contributed by atoms with E-state index in [1.807, 2.05) is 11.3 Å². The van der Waals surface area contributed by atoms with E-state index in [0.717, 1.165) is 22.5 Å². The first-order valence-electron chi connectivity index (χ1n) is 15.5. The van der Waals surface area contributed by atoms with Gasteiger partial charge in [-0.3, -0.25) is 0 Å². The van der Waals surface area contributed by atoms with E-state index in [1.165, 1.54) is 42.1 Å². The van der Waals surface area contributed by atoms with Crippen LogP contribution in [0.25, 0.3) is 42.1 Å². The zero-order valence-corrected chi connectivity index (χ0v) is 26.8. The highest BCUT2D eigenvalue weighted by atomic mass is 32.1. The summed E-state index contributed by atoms with van der Waals surface area (Å²) in [5.74, 6) is 0. The van der Waals surface area contributed by atoms with Crippen molar-refractivity contribution < 1.29 is 9.31 Å². The molecule has 0 unspecified atom stereocenters. The maximum absolute atomic E-state index is 6.36. The van der Waals surface area contributed by atoms with Crippen LogP contribution in [-0.2, 0) is 9.31 Å². The van der Waals surface area contributed by atoms with Crippen LogP contribution in [0, 0.1) is 0 Å². The molecule has 0 N–H and O–H groups in total. The molecular weight excluding hydrogens is 569 g/mol. The molecule has 6 aromatic carbocycles. The van der Waals surface area contributed by atoms with E-state index in [2.05, 4.69) is 166 Å². The third kappa shape index (κ3) is 4.92. The normalized spacial score (nSPS) is 15.7. The Balaban J connectivity index is 1.22. The average Bonchev–Trinajstić information content (AvgIpc) is 3.53. The lowest BCUT2D eigenvalue weighted by atomic mass is 9.79. The standard InChI is InChI=1S/C40H34BNO2S/c1-39(2)40(3,4)44-41(43-39)31-17-22-35-36-26-34(21-23-37(36)45-38(35)25-31)42(33-20-16-28-12-8-9-13-30(28)24-33)32-18-14-29(15-19-32)27-10-6-5-7-11-27/h5-26H,1-4H3. The molecule has 1 fully saturated rings. The zero-order valence-electron chi connectivity index (χ0n) is 26.0. The Labute approximate surface area is 268 Å². The lowest BCUT2D eigenvalue weighted by Crippen LogP contribution is -2.41. The summed E-state index contributed by atoms with van der Waals surface area (Å²) in [4.78, 5) is 2.36. The summed E-state index contributed by atoms with van der Waals surface area (Å²) in [5, 5.41) is 4.95. The van der Waals surface area contributed by atoms with Gasteiger partial charge in [-0.1, -0.05) is 84.9 Å². The molecule has 45 heavy (non-hydrogen) atoms. The Bertz CT molecular complexity index is 2170. The molecule has 3 nitrogen and oxygen atoms in total. The van der Waals surface area contributed by atoms with E-state index in [0.29, 0.717) is 0 Å². The van der Waals surface area contributed by atoms with Crippen molar-refractivity contribution in [3.8, 4) is 11.1 Å². The summed E-state index contributed by atoms with van der Waals surface area (Å²) < 4.78 is 15.2. The van der Waals surface area contributed by atoms with Crippen LogP contribution >= 0.6 is 11.3 Å². The first-order chi connectivity index (χ1) is 21.8. The maximum Gasteiger partial charge on any atom is 0.494 e. The molecule has 0 aliphatic carbocycles. The average molecular weight is 604 g/mol. The van der Waals surface area contributed by atoms with Crippen molar-refractivity contribution in [1.29, 1.82) is 0 Å². The molecular formula is C40H34BNO2S. The number of thiophene rings is 1. The molecule has 0 atom stereocenters. The summed E-state index contributed by atoms with van der Waals surface area (Å²) in [7, 11) is -0.373. The number of rotatable bonds is 5. The second kappa shape index (κ2) is 10.6. The number of hydrogen-bond donors (Lipinski definition) is 0. The Kier molecular flexibility index (Phi) is 6.61. The topological polar surface area (TPSA) is 21.7 Å². The van der Waals surface area contributed by atoms with Crippen molar-refractivity contribution >= 4 is 71.9 Å². The van der Waals surface area contributed by atoms with Gasteiger partial charge in [0.15, 0.2) is 0 Å². The van der Waals surface area contributed by atoms with Gasteiger partial charge in [0.1, 0.15) is 0 Å². The fraction of sp³-hybridized carbons (Fsp3) is 0.150. The molecule has 220 valence electrons. The van der Waals surface area contributed by atoms with Crippen LogP contribution in [0.15, 0.2) is 133 Å². The molecule has 1 aromatic heterocycles. The smallest absolute Gasteiger partial charge is 0.399 e. The molecule has 0 radical (unpaired) electrons. The highest BCUT2D eigenvalue weighted by Crippen LogP contribution is 2.42. The van der Waals surface area contributed by atoms with E-state index in [-0.39, 0.29) is 18.3 Å². The first-order valence-corrected chi connectivity index (χ1v) is 16.3. The number of nitrogens with zero attached hydrogens (tertiary/aromatic N) is 1. The van der Waals surface area contributed by atoms with E-state index in [4.69, 9.17) is 9.31 Å². The van der Waals surface area contributed by atoms with Crippen molar-refractivity contribution in [3.63, 3.8) is 0 Å². The highest BCUT2D eigenvalue weighted by molar-refractivity contribution is 7.25. The van der Waals surface area contributed by atoms with Crippen molar-refractivity contribution in [1.82, 2.24) is 0 Å². The minimum Gasteiger partial charge on any atom is -0.399 e. The predicted octanol–water partition coefficient (Wildman–Crippen LogP) is 10.6. The molecule has 0 spiro atoms. The molecule has 0 bridgehead atoms. The van der Waals surface area contributed by atoms with Gasteiger partial charge >= 0.3 is 7.12 Å². The summed E-state index contributed by atoms with van der Waals surface area (Å²) >= 11 is 1.82. The molecule has 2 heterocycles. The fourth-order valence-electron chi connectivity index (χ4n) is 6.24. The van der Waals surface area contributed by atoms with Crippen LogP contribution in [0.4, 0.5) is 17.1 Å². The molecule has 7 aromatic rings. The summed E-state index contributed by atoms with van der Waals surface area (Å²) in [5.41, 5.74) is 6.11. The van der Waals surface area contributed by atoms with E-state index in [9.17, 15) is 0 Å². The fourth-order valence-corrected chi connectivity index (χ4v) is 7.38. The lowest BCUT2D eigenvalue weighted by molar-refractivity contribution is 0.00578. The van der Waals surface area contributed by atoms with Gasteiger partial charge in [-0.25, -0.2) is 0 Å². The van der Waals surface area contributed by atoms with Crippen LogP contribution in [-0.4, -0.2) is 18.3 Å². The molecule has 1 aliphatic rings. The van der Waals surface area contributed by atoms with E-state index in [1.54, 1.807) is 0 Å². The zero-order chi connectivity index (χ0) is 30.8. The minimum atomic E-state index is -0.373. The number of anilines is 3. The van der Waals surface area contributed by atoms with Crippen LogP contribution in [0.3, 0.4) is 0 Å². The second-order valence-electron chi connectivity index (χ2n) is 12.9. The predicted molar refractivity (Wildman–Crippen MR) is 193 cm³/mol. The first kappa shape index (κ1) is 28.1. The highest BCUT2D eigenvalue weighted by Gasteiger charge is 2.51. The van der Waals surface area contributed by atoms with Crippen molar-refractivity contribution in [2.75, 3.05) is 4.90 Å². The molecule has 5 heteroatoms. The maximum atomic E-state index is 6.36. The van der Waals surface area contributed by atoms with Crippen LogP contribution < -0.4 is 10.4 Å². The number of hydrogen-bond acceptors (Lipinski definition) is 4. The van der Waals surface area contributed by atoms with Crippen LogP contribution in [0.1, 0.15) is 27.7 Å². The lowest BCUT2D eigenvalue weighted by Gasteiger charge is -2.32. The van der Waals surface area contributed by atoms with Gasteiger partial charge in [0, 0.05) is 37.2 Å². The summed E-state index contributed by atoms with van der Waals surface area (Å²) in [6.07, 6.45) is 0. The van der Waals surface area contributed by atoms with Gasteiger partial charge < -0.3 is 14.2 Å². The van der Waals surface area contributed by atoms with Crippen molar-refractivity contribution in [2.45, 2.75) is 38.9 Å². The Morgan fingerprint density at radius 1 is 0.511 bits per heavy atom. The third-order valence-electron chi connectivity index (χ3n) is 9.49. The Hall–Kier alpha value is -4.42. The minimum absolute atomic E-state index is 0.368. The van der Waals surface area contributed by atoms with Crippen LogP contribution in [0.5, 0.6) is 0 Å². The monoisotopic (exact) mass is 603 g/mol. The molecule has 0 saturated carbocycles. The third-order valence-corrected chi connectivity index (χ3v) is 10.6. The van der Waals surface area contributed by atoms with Gasteiger partial charge in [-0.15, -0.1) is 11.3 Å². The van der Waals surface area contributed by atoms with E-state index >= 15 is 0 Å². The van der Waals surface area contributed by atoms with Gasteiger partial charge in [0.05, 0.1) is 11.2 Å². The van der Waals surface area contributed by atoms with Gasteiger partial charge in [-0.2, -0.15) is 0 Å². The van der Waals surface area contributed by atoms with Crippen molar-refractivity contribution in [2.24, 2.45) is 0 Å². The quantitative estimate of drug-likeness (QED) is 0.183. The SMILES string of the molecule is CC1(C)OB(c2ccc3c(c2)sc2ccc(N(c4ccc(-c5ccccc5)cc4)c4ccc5ccccc5c4)cc23)OC1(C)C. The molecule has 8 rings (SSSR count). The summed E-state index contributed by atoms with van der Waals surface area (Å²) in [6, 6.07) is 48.2. The number of benzene rings is 6. The second-order valence-corrected chi connectivity index (χ2v) is 14.0. The van der Waals surface area contributed by atoms with Gasteiger partial charge in [-0.05, 0) is 104 Å². The van der Waals surface area contributed by atoms with Crippen LogP contribution in [0.2, 0.25) is 0 Å². The largest absolute Gasteiger partial charge is 0.494 e. The van der Waals surface area contributed by atoms with Gasteiger partial charge in [0.25, 0.3) is 0 Å². The van der Waals surface area contributed by atoms with Crippen molar-refractivity contribution in [3.05, 3.63) is 133 Å². The summed E-state index contributed by atoms with van der Waals surface area (Å²) in [6.45, 7) is 8.40.